The third kappa shape index (κ3) is 2.91. The molecule has 0 spiro atoms. The maximum absolute atomic E-state index is 12.9. The lowest BCUT2D eigenvalue weighted by atomic mass is 9.91. The molecule has 0 amide bonds. The molecule has 1 aliphatic rings. The summed E-state index contributed by atoms with van der Waals surface area (Å²) in [7, 11) is 2.00. The molecule has 3 rings (SSSR count). The second-order valence-electron chi connectivity index (χ2n) is 5.37. The molecule has 0 aliphatic heterocycles. The Kier molecular flexibility index (Phi) is 4.13. The Balaban J connectivity index is 1.80. The molecule has 106 valence electrons. The van der Waals surface area contributed by atoms with Crippen molar-refractivity contribution in [1.29, 1.82) is 0 Å². The molecule has 0 radical (unpaired) electrons. The molecule has 1 unspecified atom stereocenters. The maximum Gasteiger partial charge on any atom is 0.123 e. The lowest BCUT2D eigenvalue weighted by Gasteiger charge is -2.20. The quantitative estimate of drug-likeness (QED) is 0.932. The van der Waals surface area contributed by atoms with Gasteiger partial charge in [-0.1, -0.05) is 12.1 Å². The summed E-state index contributed by atoms with van der Waals surface area (Å²) in [5, 5.41) is 4.42. The molecule has 1 aliphatic carbocycles. The van der Waals surface area contributed by atoms with E-state index in [0.29, 0.717) is 5.92 Å². The third-order valence-corrected chi connectivity index (χ3v) is 4.97. The molecule has 1 atom stereocenters. The van der Waals surface area contributed by atoms with Crippen molar-refractivity contribution in [2.75, 3.05) is 13.6 Å². The first kappa shape index (κ1) is 13.7. The lowest BCUT2D eigenvalue weighted by molar-refractivity contribution is 0.522. The van der Waals surface area contributed by atoms with Crippen molar-refractivity contribution >= 4 is 11.3 Å². The number of hydrogen-bond acceptors (Lipinski definition) is 3. The summed E-state index contributed by atoms with van der Waals surface area (Å²) in [5.74, 6) is 0.378. The zero-order valence-corrected chi connectivity index (χ0v) is 12.5. The van der Waals surface area contributed by atoms with E-state index in [0.717, 1.165) is 30.0 Å². The third-order valence-electron chi connectivity index (χ3n) is 3.83. The highest BCUT2D eigenvalue weighted by molar-refractivity contribution is 7.11. The first-order valence-corrected chi connectivity index (χ1v) is 7.95. The Morgan fingerprint density at radius 3 is 2.90 bits per heavy atom. The van der Waals surface area contributed by atoms with Crippen LogP contribution in [0.4, 0.5) is 4.39 Å². The molecule has 2 aromatic rings. The summed E-state index contributed by atoms with van der Waals surface area (Å²) in [4.78, 5) is 6.31. The van der Waals surface area contributed by atoms with Crippen LogP contribution in [0.15, 0.2) is 24.3 Å². The Bertz CT molecular complexity index is 577. The number of thiazole rings is 1. The van der Waals surface area contributed by atoms with Crippen molar-refractivity contribution in [3.63, 3.8) is 0 Å². The molecule has 1 heterocycles. The predicted octanol–water partition coefficient (Wildman–Crippen LogP) is 3.51. The van der Waals surface area contributed by atoms with Gasteiger partial charge in [-0.3, -0.25) is 0 Å². The van der Waals surface area contributed by atoms with E-state index in [1.54, 1.807) is 0 Å². The number of nitrogens with one attached hydrogen (secondary N) is 1. The van der Waals surface area contributed by atoms with Crippen molar-refractivity contribution in [3.05, 3.63) is 51.2 Å². The van der Waals surface area contributed by atoms with Gasteiger partial charge in [0.25, 0.3) is 0 Å². The van der Waals surface area contributed by atoms with Crippen LogP contribution >= 0.6 is 11.3 Å². The molecule has 1 aromatic heterocycles. The molecule has 0 fully saturated rings. The van der Waals surface area contributed by atoms with Crippen LogP contribution in [0.1, 0.15) is 39.9 Å². The van der Waals surface area contributed by atoms with Gasteiger partial charge in [-0.2, -0.15) is 0 Å². The van der Waals surface area contributed by atoms with Crippen molar-refractivity contribution < 1.29 is 4.39 Å². The fraction of sp³-hybridized carbons (Fsp3) is 0.438. The highest BCUT2D eigenvalue weighted by atomic mass is 32.1. The highest BCUT2D eigenvalue weighted by Gasteiger charge is 2.24. The van der Waals surface area contributed by atoms with Crippen molar-refractivity contribution in [2.24, 2.45) is 0 Å². The first-order chi connectivity index (χ1) is 9.76. The largest absolute Gasteiger partial charge is 0.319 e. The number of benzene rings is 1. The van der Waals surface area contributed by atoms with E-state index in [1.165, 1.54) is 35.5 Å². The Hall–Kier alpha value is -1.26. The Labute approximate surface area is 123 Å². The molecule has 1 N–H and O–H groups in total. The molecular formula is C16H19FN2S. The van der Waals surface area contributed by atoms with Gasteiger partial charge in [-0.15, -0.1) is 11.3 Å². The van der Waals surface area contributed by atoms with Crippen LogP contribution in [0.2, 0.25) is 0 Å². The fourth-order valence-electron chi connectivity index (χ4n) is 2.86. The lowest BCUT2D eigenvalue weighted by Crippen LogP contribution is -2.21. The SMILES string of the molecule is CNCC1CCCc2sc(Cc3ccc(F)cc3)nc21. The minimum atomic E-state index is -0.179. The topological polar surface area (TPSA) is 24.9 Å². The second-order valence-corrected chi connectivity index (χ2v) is 6.53. The summed E-state index contributed by atoms with van der Waals surface area (Å²) in [5.41, 5.74) is 2.43. The first-order valence-electron chi connectivity index (χ1n) is 7.14. The smallest absolute Gasteiger partial charge is 0.123 e. The van der Waals surface area contributed by atoms with Crippen molar-refractivity contribution in [1.82, 2.24) is 10.3 Å². The Morgan fingerprint density at radius 1 is 1.35 bits per heavy atom. The van der Waals surface area contributed by atoms with Gasteiger partial charge in [0.15, 0.2) is 0 Å². The number of aromatic nitrogens is 1. The van der Waals surface area contributed by atoms with Crippen molar-refractivity contribution in [2.45, 2.75) is 31.6 Å². The van der Waals surface area contributed by atoms with Crippen LogP contribution in [0.3, 0.4) is 0 Å². The minimum Gasteiger partial charge on any atom is -0.319 e. The van der Waals surface area contributed by atoms with Crippen LogP contribution in [0.5, 0.6) is 0 Å². The van der Waals surface area contributed by atoms with Crippen LogP contribution < -0.4 is 5.32 Å². The predicted molar refractivity (Wildman–Crippen MR) is 80.9 cm³/mol. The number of rotatable bonds is 4. The zero-order valence-electron chi connectivity index (χ0n) is 11.7. The molecule has 0 bridgehead atoms. The van der Waals surface area contributed by atoms with Crippen LogP contribution in [0.25, 0.3) is 0 Å². The van der Waals surface area contributed by atoms with Gasteiger partial charge in [-0.05, 0) is 44.0 Å². The standard InChI is InChI=1S/C16H19FN2S/c1-18-10-12-3-2-4-14-16(12)19-15(20-14)9-11-5-7-13(17)8-6-11/h5-8,12,18H,2-4,9-10H2,1H3. The van der Waals surface area contributed by atoms with E-state index in [-0.39, 0.29) is 5.82 Å². The van der Waals surface area contributed by atoms with Crippen LogP contribution in [0, 0.1) is 5.82 Å². The Morgan fingerprint density at radius 2 is 2.15 bits per heavy atom. The van der Waals surface area contributed by atoms with Gasteiger partial charge in [0.05, 0.1) is 10.7 Å². The average molecular weight is 290 g/mol. The van der Waals surface area contributed by atoms with Gasteiger partial charge in [0, 0.05) is 23.8 Å². The normalized spacial score (nSPS) is 18.0. The second kappa shape index (κ2) is 6.02. The summed E-state index contributed by atoms with van der Waals surface area (Å²) < 4.78 is 12.9. The molecule has 0 saturated heterocycles. The van der Waals surface area contributed by atoms with E-state index in [9.17, 15) is 4.39 Å². The van der Waals surface area contributed by atoms with Gasteiger partial charge in [0.1, 0.15) is 5.82 Å². The molecular weight excluding hydrogens is 271 g/mol. The van der Waals surface area contributed by atoms with E-state index in [2.05, 4.69) is 5.32 Å². The summed E-state index contributed by atoms with van der Waals surface area (Å²) >= 11 is 1.83. The van der Waals surface area contributed by atoms with E-state index in [1.807, 2.05) is 30.5 Å². The van der Waals surface area contributed by atoms with Crippen molar-refractivity contribution in [3.8, 4) is 0 Å². The molecule has 20 heavy (non-hydrogen) atoms. The number of nitrogens with zero attached hydrogens (tertiary/aromatic N) is 1. The number of fused-ring (bicyclic) bond motifs is 1. The highest BCUT2D eigenvalue weighted by Crippen LogP contribution is 2.35. The fourth-order valence-corrected chi connectivity index (χ4v) is 4.09. The molecule has 4 heteroatoms. The summed E-state index contributed by atoms with van der Waals surface area (Å²) in [6.07, 6.45) is 4.46. The minimum absolute atomic E-state index is 0.179. The van der Waals surface area contributed by atoms with Gasteiger partial charge >= 0.3 is 0 Å². The van der Waals surface area contributed by atoms with Gasteiger partial charge in [0.2, 0.25) is 0 Å². The molecule has 1 aromatic carbocycles. The number of aryl methyl sites for hydroxylation is 1. The summed E-state index contributed by atoms with van der Waals surface area (Å²) in [6.45, 7) is 1.01. The van der Waals surface area contributed by atoms with Crippen LogP contribution in [-0.4, -0.2) is 18.6 Å². The molecule has 2 nitrogen and oxygen atoms in total. The van der Waals surface area contributed by atoms with E-state index < -0.39 is 0 Å². The van der Waals surface area contributed by atoms with E-state index >= 15 is 0 Å². The zero-order chi connectivity index (χ0) is 13.9. The number of halogens is 1. The van der Waals surface area contributed by atoms with Gasteiger partial charge in [-0.25, -0.2) is 9.37 Å². The number of hydrogen-bond donors (Lipinski definition) is 1. The summed E-state index contributed by atoms with van der Waals surface area (Å²) in [6, 6.07) is 6.74. The van der Waals surface area contributed by atoms with E-state index in [4.69, 9.17) is 4.98 Å². The van der Waals surface area contributed by atoms with Gasteiger partial charge < -0.3 is 5.32 Å². The average Bonchev–Trinajstić information content (AvgIpc) is 2.85. The number of likely N-dealkylation sites (N-methyl/N-ethyl adjacent to an activating group) is 1. The van der Waals surface area contributed by atoms with Crippen LogP contribution in [-0.2, 0) is 12.8 Å². The maximum atomic E-state index is 12.9. The molecule has 0 saturated carbocycles. The monoisotopic (exact) mass is 290 g/mol.